The lowest BCUT2D eigenvalue weighted by atomic mass is 9.99. The molecule has 0 radical (unpaired) electrons. The molecule has 5 heteroatoms. The van der Waals surface area contributed by atoms with Gasteiger partial charge in [-0.3, -0.25) is 4.79 Å². The highest BCUT2D eigenvalue weighted by Gasteiger charge is 2.33. The Kier molecular flexibility index (Phi) is 8.49. The molecule has 4 nitrogen and oxygen atoms in total. The topological polar surface area (TPSA) is 47.6 Å². The number of halogens is 1. The normalized spacial score (nSPS) is 13.5. The van der Waals surface area contributed by atoms with Gasteiger partial charge in [-0.25, -0.2) is 0 Å². The van der Waals surface area contributed by atoms with Crippen molar-refractivity contribution < 1.29 is 14.3 Å². The fourth-order valence-corrected chi connectivity index (χ4v) is 2.27. The lowest BCUT2D eigenvalue weighted by Crippen LogP contribution is -2.43. The van der Waals surface area contributed by atoms with Gasteiger partial charge in [0, 0.05) is 17.6 Å². The SMILES string of the molecule is CCCO[C@](C)(CCC)C(=O)Nc1ccc(OCCBr)cc1. The van der Waals surface area contributed by atoms with Crippen LogP contribution in [0.1, 0.15) is 40.0 Å². The summed E-state index contributed by atoms with van der Waals surface area (Å²) in [7, 11) is 0. The van der Waals surface area contributed by atoms with Gasteiger partial charge in [-0.15, -0.1) is 0 Å². The zero-order valence-corrected chi connectivity index (χ0v) is 15.2. The fourth-order valence-electron chi connectivity index (χ4n) is 2.11. The van der Waals surface area contributed by atoms with Crippen LogP contribution in [0.25, 0.3) is 0 Å². The van der Waals surface area contributed by atoms with Crippen LogP contribution >= 0.6 is 15.9 Å². The summed E-state index contributed by atoms with van der Waals surface area (Å²) >= 11 is 3.32. The Morgan fingerprint density at radius 1 is 1.18 bits per heavy atom. The van der Waals surface area contributed by atoms with Crippen molar-refractivity contribution in [2.45, 2.75) is 45.6 Å². The van der Waals surface area contributed by atoms with Gasteiger partial charge in [-0.05, 0) is 44.0 Å². The van der Waals surface area contributed by atoms with E-state index in [9.17, 15) is 4.79 Å². The smallest absolute Gasteiger partial charge is 0.256 e. The highest BCUT2D eigenvalue weighted by Crippen LogP contribution is 2.22. The summed E-state index contributed by atoms with van der Waals surface area (Å²) in [5, 5.41) is 3.72. The van der Waals surface area contributed by atoms with Crippen LogP contribution in [0.5, 0.6) is 5.75 Å². The second-order valence-corrected chi connectivity index (χ2v) is 6.14. The van der Waals surface area contributed by atoms with E-state index in [0.717, 1.165) is 29.6 Å². The molecule has 0 spiro atoms. The Bertz CT molecular complexity index is 450. The number of amides is 1. The van der Waals surface area contributed by atoms with Gasteiger partial charge < -0.3 is 14.8 Å². The quantitative estimate of drug-likeness (QED) is 0.620. The molecule has 124 valence electrons. The summed E-state index contributed by atoms with van der Waals surface area (Å²) < 4.78 is 11.3. The molecular formula is C17H26BrNO3. The lowest BCUT2D eigenvalue weighted by molar-refractivity contribution is -0.140. The van der Waals surface area contributed by atoms with E-state index in [-0.39, 0.29) is 5.91 Å². The summed E-state index contributed by atoms with van der Waals surface area (Å²) in [6.07, 6.45) is 2.49. The molecule has 0 saturated carbocycles. The maximum Gasteiger partial charge on any atom is 0.256 e. The molecule has 22 heavy (non-hydrogen) atoms. The monoisotopic (exact) mass is 371 g/mol. The molecule has 1 amide bonds. The number of hydrogen-bond acceptors (Lipinski definition) is 3. The average molecular weight is 372 g/mol. The minimum atomic E-state index is -0.782. The zero-order valence-electron chi connectivity index (χ0n) is 13.7. The molecule has 0 aromatic heterocycles. The van der Waals surface area contributed by atoms with Crippen LogP contribution in [0.4, 0.5) is 5.69 Å². The van der Waals surface area contributed by atoms with Crippen LogP contribution < -0.4 is 10.1 Å². The van der Waals surface area contributed by atoms with Gasteiger partial charge in [-0.2, -0.15) is 0 Å². The van der Waals surface area contributed by atoms with Crippen molar-refractivity contribution in [3.8, 4) is 5.75 Å². The first-order valence-corrected chi connectivity index (χ1v) is 8.92. The average Bonchev–Trinajstić information content (AvgIpc) is 2.52. The number of ether oxygens (including phenoxy) is 2. The molecule has 1 rings (SSSR count). The predicted molar refractivity (Wildman–Crippen MR) is 93.9 cm³/mol. The van der Waals surface area contributed by atoms with Crippen LogP contribution in [0.3, 0.4) is 0 Å². The molecule has 0 bridgehead atoms. The number of hydrogen-bond donors (Lipinski definition) is 1. The molecular weight excluding hydrogens is 346 g/mol. The van der Waals surface area contributed by atoms with Gasteiger partial charge in [-0.1, -0.05) is 36.2 Å². The lowest BCUT2D eigenvalue weighted by Gasteiger charge is -2.28. The van der Waals surface area contributed by atoms with Crippen molar-refractivity contribution in [1.29, 1.82) is 0 Å². The summed E-state index contributed by atoms with van der Waals surface area (Å²) in [5.41, 5.74) is -0.0331. The number of anilines is 1. The van der Waals surface area contributed by atoms with Gasteiger partial charge in [0.1, 0.15) is 11.4 Å². The van der Waals surface area contributed by atoms with Gasteiger partial charge in [0.25, 0.3) is 5.91 Å². The molecule has 0 saturated heterocycles. The third-order valence-corrected chi connectivity index (χ3v) is 3.61. The highest BCUT2D eigenvalue weighted by molar-refractivity contribution is 9.09. The third-order valence-electron chi connectivity index (χ3n) is 3.29. The van der Waals surface area contributed by atoms with E-state index >= 15 is 0 Å². The molecule has 1 aromatic carbocycles. The maximum atomic E-state index is 12.5. The van der Waals surface area contributed by atoms with E-state index < -0.39 is 5.60 Å². The molecule has 0 unspecified atom stereocenters. The number of benzene rings is 1. The van der Waals surface area contributed by atoms with Crippen molar-refractivity contribution in [3.05, 3.63) is 24.3 Å². The number of rotatable bonds is 10. The van der Waals surface area contributed by atoms with Crippen molar-refractivity contribution in [2.75, 3.05) is 23.9 Å². The Morgan fingerprint density at radius 2 is 1.86 bits per heavy atom. The number of nitrogens with one attached hydrogen (secondary N) is 1. The second kappa shape index (κ2) is 9.85. The maximum absolute atomic E-state index is 12.5. The van der Waals surface area contributed by atoms with E-state index in [1.807, 2.05) is 38.1 Å². The van der Waals surface area contributed by atoms with E-state index in [0.29, 0.717) is 19.6 Å². The zero-order chi connectivity index (χ0) is 16.4. The summed E-state index contributed by atoms with van der Waals surface area (Å²) in [6.45, 7) is 7.15. The predicted octanol–water partition coefficient (Wildman–Crippen LogP) is 4.38. The van der Waals surface area contributed by atoms with Crippen LogP contribution in [-0.2, 0) is 9.53 Å². The second-order valence-electron chi connectivity index (χ2n) is 5.35. The molecule has 0 heterocycles. The summed E-state index contributed by atoms with van der Waals surface area (Å²) in [5.74, 6) is 0.688. The van der Waals surface area contributed by atoms with Crippen LogP contribution in [0.2, 0.25) is 0 Å². The van der Waals surface area contributed by atoms with E-state index in [1.165, 1.54) is 0 Å². The van der Waals surface area contributed by atoms with E-state index in [2.05, 4.69) is 28.2 Å². The molecule has 0 aliphatic rings. The summed E-state index contributed by atoms with van der Waals surface area (Å²) in [4.78, 5) is 12.5. The van der Waals surface area contributed by atoms with Crippen LogP contribution in [0.15, 0.2) is 24.3 Å². The largest absolute Gasteiger partial charge is 0.493 e. The van der Waals surface area contributed by atoms with Crippen LogP contribution in [-0.4, -0.2) is 30.1 Å². The van der Waals surface area contributed by atoms with Crippen LogP contribution in [0, 0.1) is 0 Å². The van der Waals surface area contributed by atoms with Crippen molar-refractivity contribution >= 4 is 27.5 Å². The van der Waals surface area contributed by atoms with Gasteiger partial charge in [0.05, 0.1) is 6.61 Å². The number of carbonyl (C=O) groups excluding carboxylic acids is 1. The molecule has 1 N–H and O–H groups in total. The fraction of sp³-hybridized carbons (Fsp3) is 0.588. The third kappa shape index (κ3) is 5.97. The Morgan fingerprint density at radius 3 is 2.41 bits per heavy atom. The Balaban J connectivity index is 2.68. The van der Waals surface area contributed by atoms with Crippen molar-refractivity contribution in [1.82, 2.24) is 0 Å². The highest BCUT2D eigenvalue weighted by atomic mass is 79.9. The molecule has 0 fully saturated rings. The Hall–Kier alpha value is -1.07. The van der Waals surface area contributed by atoms with Gasteiger partial charge >= 0.3 is 0 Å². The van der Waals surface area contributed by atoms with Gasteiger partial charge in [0.2, 0.25) is 0 Å². The first-order chi connectivity index (χ1) is 10.6. The minimum Gasteiger partial charge on any atom is -0.493 e. The molecule has 0 aliphatic heterocycles. The minimum absolute atomic E-state index is 0.100. The summed E-state index contributed by atoms with van der Waals surface area (Å²) in [6, 6.07) is 7.38. The number of carbonyl (C=O) groups is 1. The van der Waals surface area contributed by atoms with E-state index in [4.69, 9.17) is 9.47 Å². The first kappa shape index (κ1) is 19.0. The first-order valence-electron chi connectivity index (χ1n) is 7.80. The molecule has 1 aromatic rings. The van der Waals surface area contributed by atoms with Gasteiger partial charge in [0.15, 0.2) is 0 Å². The van der Waals surface area contributed by atoms with Crippen molar-refractivity contribution in [3.63, 3.8) is 0 Å². The Labute approximate surface area is 141 Å². The molecule has 1 atom stereocenters. The van der Waals surface area contributed by atoms with E-state index in [1.54, 1.807) is 0 Å². The number of alkyl halides is 1. The van der Waals surface area contributed by atoms with Crippen molar-refractivity contribution in [2.24, 2.45) is 0 Å². The molecule has 0 aliphatic carbocycles. The standard InChI is InChI=1S/C17H26BrNO3/c1-4-10-17(3,22-12-5-2)16(20)19-14-6-8-15(9-7-14)21-13-11-18/h6-9H,4-5,10-13H2,1-3H3,(H,19,20)/t17-/m1/s1.